The molecule has 0 aromatic heterocycles. The van der Waals surface area contributed by atoms with E-state index in [9.17, 15) is 9.59 Å². The van der Waals surface area contributed by atoms with Crippen LogP contribution in [0.4, 0.5) is 17.1 Å². The van der Waals surface area contributed by atoms with Crippen LogP contribution in [0.1, 0.15) is 52.6 Å². The molecule has 5 N–H and O–H groups in total. The Kier molecular flexibility index (Phi) is 6.02. The average molecular weight is 418 g/mol. The summed E-state index contributed by atoms with van der Waals surface area (Å²) in [6.07, 6.45) is 0. The molecule has 0 fully saturated rings. The van der Waals surface area contributed by atoms with Gasteiger partial charge in [-0.3, -0.25) is 9.59 Å². The third-order valence-corrected chi connectivity index (χ3v) is 5.08. The smallest absolute Gasteiger partial charge is 0.255 e. The summed E-state index contributed by atoms with van der Waals surface area (Å²) in [6, 6.07) is 17.1. The average Bonchev–Trinajstić information content (AvgIpc) is 2.74. The maximum atomic E-state index is 13.1. The number of nitrogens with two attached hydrogens (primary N) is 2. The molecule has 0 aliphatic heterocycles. The lowest BCUT2D eigenvalue weighted by Crippen LogP contribution is -2.17. The minimum atomic E-state index is -0.346. The Balaban J connectivity index is 1.91. The second kappa shape index (κ2) is 8.52. The first-order valence-electron chi connectivity index (χ1n) is 9.90. The van der Waals surface area contributed by atoms with Gasteiger partial charge in [0.25, 0.3) is 5.91 Å². The van der Waals surface area contributed by atoms with Gasteiger partial charge in [-0.2, -0.15) is 0 Å². The molecule has 6 nitrogen and oxygen atoms in total. The molecule has 0 aliphatic carbocycles. The number of nitrogen functional groups attached to an aromatic ring is 2. The van der Waals surface area contributed by atoms with Gasteiger partial charge in [-0.1, -0.05) is 39.0 Å². The summed E-state index contributed by atoms with van der Waals surface area (Å²) in [5, 5.41) is 2.80. The fraction of sp³-hybridized carbons (Fsp3) is 0.200. The number of hydrogen-bond acceptors (Lipinski definition) is 5. The summed E-state index contributed by atoms with van der Waals surface area (Å²) < 4.78 is 5.15. The Morgan fingerprint density at radius 2 is 1.52 bits per heavy atom. The normalized spacial score (nSPS) is 11.1. The molecule has 31 heavy (non-hydrogen) atoms. The highest BCUT2D eigenvalue weighted by Gasteiger charge is 2.20. The van der Waals surface area contributed by atoms with Crippen LogP contribution in [0.15, 0.2) is 60.7 Å². The van der Waals surface area contributed by atoms with E-state index in [1.165, 1.54) is 7.11 Å². The molecule has 3 rings (SSSR count). The maximum Gasteiger partial charge on any atom is 0.255 e. The molecule has 3 aromatic carbocycles. The van der Waals surface area contributed by atoms with Crippen LogP contribution in [-0.2, 0) is 5.41 Å². The van der Waals surface area contributed by atoms with Gasteiger partial charge in [0.2, 0.25) is 0 Å². The van der Waals surface area contributed by atoms with Crippen LogP contribution in [0.5, 0.6) is 5.75 Å². The number of carbonyl (C=O) groups excluding carboxylic acids is 2. The van der Waals surface area contributed by atoms with E-state index in [0.29, 0.717) is 28.3 Å². The number of rotatable bonds is 5. The number of amides is 1. The molecule has 0 radical (unpaired) electrons. The Hall–Kier alpha value is -3.80. The van der Waals surface area contributed by atoms with Crippen LogP contribution in [-0.4, -0.2) is 18.8 Å². The fourth-order valence-corrected chi connectivity index (χ4v) is 3.24. The van der Waals surface area contributed by atoms with Crippen molar-refractivity contribution >= 4 is 28.8 Å². The highest BCUT2D eigenvalue weighted by Crippen LogP contribution is 2.29. The Morgan fingerprint density at radius 1 is 0.871 bits per heavy atom. The molecular weight excluding hydrogens is 390 g/mol. The van der Waals surface area contributed by atoms with Gasteiger partial charge in [0.05, 0.1) is 24.2 Å². The van der Waals surface area contributed by atoms with Gasteiger partial charge in [0.15, 0.2) is 5.78 Å². The number of methoxy groups -OCH3 is 1. The zero-order valence-corrected chi connectivity index (χ0v) is 18.2. The number of anilines is 3. The minimum absolute atomic E-state index is 0.0152. The van der Waals surface area contributed by atoms with Crippen LogP contribution in [0, 0.1) is 0 Å². The van der Waals surface area contributed by atoms with Crippen molar-refractivity contribution in [3.05, 3.63) is 82.9 Å². The number of para-hydroxylation sites is 1. The summed E-state index contributed by atoms with van der Waals surface area (Å²) in [4.78, 5) is 26.0. The number of nitrogens with one attached hydrogen (secondary N) is 1. The second-order valence-corrected chi connectivity index (χ2v) is 8.34. The molecule has 1 amide bonds. The molecule has 0 heterocycles. The van der Waals surface area contributed by atoms with Gasteiger partial charge in [0.1, 0.15) is 5.75 Å². The van der Waals surface area contributed by atoms with Crippen molar-refractivity contribution in [2.24, 2.45) is 0 Å². The van der Waals surface area contributed by atoms with E-state index in [-0.39, 0.29) is 28.4 Å². The number of benzene rings is 3. The van der Waals surface area contributed by atoms with E-state index in [1.54, 1.807) is 48.5 Å². The van der Waals surface area contributed by atoms with Crippen molar-refractivity contribution in [3.63, 3.8) is 0 Å². The Morgan fingerprint density at radius 3 is 2.10 bits per heavy atom. The van der Waals surface area contributed by atoms with E-state index in [0.717, 1.165) is 5.56 Å². The van der Waals surface area contributed by atoms with Crippen molar-refractivity contribution in [2.45, 2.75) is 26.2 Å². The van der Waals surface area contributed by atoms with Crippen molar-refractivity contribution in [2.75, 3.05) is 23.9 Å². The van der Waals surface area contributed by atoms with Gasteiger partial charge in [-0.15, -0.1) is 0 Å². The lowest BCUT2D eigenvalue weighted by Gasteiger charge is -2.19. The first-order valence-corrected chi connectivity index (χ1v) is 9.90. The molecule has 0 bridgehead atoms. The standard InChI is InChI=1S/C25H27N3O3/c1-25(2,3)17-11-8-15(9-12-17)24(30)28-22-18(6-5-7-19(22)26)23(29)16-10-13-21(31-4)20(27)14-16/h5-14H,26-27H2,1-4H3,(H,28,30). The molecule has 0 saturated heterocycles. The monoisotopic (exact) mass is 417 g/mol. The molecule has 0 spiro atoms. The molecule has 0 saturated carbocycles. The van der Waals surface area contributed by atoms with Gasteiger partial charge >= 0.3 is 0 Å². The highest BCUT2D eigenvalue weighted by atomic mass is 16.5. The van der Waals surface area contributed by atoms with E-state index < -0.39 is 0 Å². The quantitative estimate of drug-likeness (QED) is 0.414. The fourth-order valence-electron chi connectivity index (χ4n) is 3.24. The van der Waals surface area contributed by atoms with E-state index in [2.05, 4.69) is 26.1 Å². The predicted molar refractivity (Wildman–Crippen MR) is 125 cm³/mol. The number of hydrogen-bond donors (Lipinski definition) is 3. The highest BCUT2D eigenvalue weighted by molar-refractivity contribution is 6.17. The maximum absolute atomic E-state index is 13.1. The molecule has 0 aliphatic rings. The molecule has 0 unspecified atom stereocenters. The number of carbonyl (C=O) groups is 2. The van der Waals surface area contributed by atoms with Crippen LogP contribution in [0.25, 0.3) is 0 Å². The first-order chi connectivity index (χ1) is 14.6. The SMILES string of the molecule is COc1ccc(C(=O)c2cccc(N)c2NC(=O)c2ccc(C(C)(C)C)cc2)cc1N. The Bertz CT molecular complexity index is 1130. The van der Waals surface area contributed by atoms with Crippen molar-refractivity contribution in [1.29, 1.82) is 0 Å². The van der Waals surface area contributed by atoms with E-state index >= 15 is 0 Å². The van der Waals surface area contributed by atoms with Crippen LogP contribution < -0.4 is 21.5 Å². The van der Waals surface area contributed by atoms with E-state index in [1.807, 2.05) is 12.1 Å². The third kappa shape index (κ3) is 4.69. The number of ketones is 1. The van der Waals surface area contributed by atoms with Gasteiger partial charge in [-0.25, -0.2) is 0 Å². The lowest BCUT2D eigenvalue weighted by atomic mass is 9.86. The van der Waals surface area contributed by atoms with E-state index in [4.69, 9.17) is 16.2 Å². The topological polar surface area (TPSA) is 107 Å². The van der Waals surface area contributed by atoms with Crippen LogP contribution in [0.3, 0.4) is 0 Å². The summed E-state index contributed by atoms with van der Waals surface area (Å²) in [5.74, 6) is -0.168. The lowest BCUT2D eigenvalue weighted by molar-refractivity contribution is 0.102. The summed E-state index contributed by atoms with van der Waals surface area (Å²) in [7, 11) is 1.51. The third-order valence-electron chi connectivity index (χ3n) is 5.08. The van der Waals surface area contributed by atoms with Crippen LogP contribution in [0.2, 0.25) is 0 Å². The zero-order chi connectivity index (χ0) is 22.8. The summed E-state index contributed by atoms with van der Waals surface area (Å²) in [5.41, 5.74) is 15.2. The second-order valence-electron chi connectivity index (χ2n) is 8.34. The van der Waals surface area contributed by atoms with Crippen molar-refractivity contribution < 1.29 is 14.3 Å². The summed E-state index contributed by atoms with van der Waals surface area (Å²) in [6.45, 7) is 6.32. The zero-order valence-electron chi connectivity index (χ0n) is 18.2. The molecular formula is C25H27N3O3. The minimum Gasteiger partial charge on any atom is -0.495 e. The predicted octanol–water partition coefficient (Wildman–Crippen LogP) is 4.64. The first kappa shape index (κ1) is 21.9. The van der Waals surface area contributed by atoms with Crippen LogP contribution >= 0.6 is 0 Å². The number of ether oxygens (including phenoxy) is 1. The van der Waals surface area contributed by atoms with Gasteiger partial charge in [0, 0.05) is 16.7 Å². The van der Waals surface area contributed by atoms with Crippen molar-refractivity contribution in [3.8, 4) is 5.75 Å². The Labute approximate surface area is 182 Å². The molecule has 6 heteroatoms. The van der Waals surface area contributed by atoms with Crippen molar-refractivity contribution in [1.82, 2.24) is 0 Å². The van der Waals surface area contributed by atoms with Gasteiger partial charge in [-0.05, 0) is 53.4 Å². The summed E-state index contributed by atoms with van der Waals surface area (Å²) >= 11 is 0. The molecule has 3 aromatic rings. The van der Waals surface area contributed by atoms with Gasteiger partial charge < -0.3 is 21.5 Å². The largest absolute Gasteiger partial charge is 0.495 e. The molecule has 160 valence electrons. The molecule has 0 atom stereocenters.